The number of aromatic nitrogens is 4. The minimum Gasteiger partial charge on any atom is -0.425 e. The van der Waals surface area contributed by atoms with E-state index < -0.39 is 36.0 Å². The molecular weight excluding hydrogens is 535 g/mol. The number of alkyl halides is 3. The normalized spacial score (nSPS) is 12.6. The van der Waals surface area contributed by atoms with Gasteiger partial charge in [-0.3, -0.25) is 18.5 Å². The van der Waals surface area contributed by atoms with Crippen molar-refractivity contribution >= 4 is 22.8 Å². The molecule has 0 amide bonds. The standard InChI is InChI=1S/C23H21ClF3N5O6/c1-30-19-18(20(34)32(22(30)35)11-15(33)12-36-28)31(10-13-5-7-14(24)8-6-13)21(29-19)37-16-3-2-4-17(9-16)38-23(25,26)27/h2-9,15,33H,10-12,28H2,1H3. The number of hydrogen-bond donors (Lipinski definition) is 2. The molecule has 0 aliphatic heterocycles. The molecule has 0 fully saturated rings. The Balaban J connectivity index is 1.87. The maximum Gasteiger partial charge on any atom is 0.573 e. The number of fused-ring (bicyclic) bond motifs is 1. The number of rotatable bonds is 9. The molecule has 0 radical (unpaired) electrons. The molecule has 4 aromatic rings. The fourth-order valence-electron chi connectivity index (χ4n) is 3.72. The maximum absolute atomic E-state index is 13.5. The van der Waals surface area contributed by atoms with Gasteiger partial charge in [-0.1, -0.05) is 29.8 Å². The zero-order chi connectivity index (χ0) is 27.6. The SMILES string of the molecule is Cn1c(=O)n(CC(O)CON)c(=O)c2c1nc(Oc1cccc(OC(F)(F)F)c1)n2Cc1ccc(Cl)cc1. The molecular formula is C23H21ClF3N5O6. The van der Waals surface area contributed by atoms with Crippen molar-refractivity contribution in [2.45, 2.75) is 25.6 Å². The third kappa shape index (κ3) is 5.99. The Hall–Kier alpha value is -3.85. The summed E-state index contributed by atoms with van der Waals surface area (Å²) in [7, 11) is 1.37. The lowest BCUT2D eigenvalue weighted by molar-refractivity contribution is -0.274. The number of aliphatic hydroxyl groups excluding tert-OH is 1. The van der Waals surface area contributed by atoms with Gasteiger partial charge in [-0.25, -0.2) is 10.7 Å². The zero-order valence-corrected chi connectivity index (χ0v) is 20.4. The second-order valence-electron chi connectivity index (χ2n) is 8.15. The Morgan fingerprint density at radius 1 is 1.11 bits per heavy atom. The van der Waals surface area contributed by atoms with Crippen LogP contribution in [0.4, 0.5) is 13.2 Å². The Kier molecular flexibility index (Phi) is 7.78. The molecule has 3 N–H and O–H groups in total. The van der Waals surface area contributed by atoms with Crippen LogP contribution in [0, 0.1) is 0 Å². The van der Waals surface area contributed by atoms with Gasteiger partial charge in [0.1, 0.15) is 11.5 Å². The average Bonchev–Trinajstić information content (AvgIpc) is 3.19. The number of hydrogen-bond acceptors (Lipinski definition) is 8. The molecule has 0 aliphatic rings. The van der Waals surface area contributed by atoms with Crippen LogP contribution in [0.1, 0.15) is 5.56 Å². The summed E-state index contributed by atoms with van der Waals surface area (Å²) in [5.74, 6) is 4.38. The smallest absolute Gasteiger partial charge is 0.425 e. The van der Waals surface area contributed by atoms with Gasteiger partial charge < -0.3 is 19.4 Å². The van der Waals surface area contributed by atoms with E-state index in [1.807, 2.05) is 0 Å². The predicted octanol–water partition coefficient (Wildman–Crippen LogP) is 2.54. The summed E-state index contributed by atoms with van der Waals surface area (Å²) >= 11 is 5.98. The van der Waals surface area contributed by atoms with Gasteiger partial charge in [0.2, 0.25) is 0 Å². The van der Waals surface area contributed by atoms with E-state index in [4.69, 9.17) is 22.2 Å². The largest absolute Gasteiger partial charge is 0.573 e. The van der Waals surface area contributed by atoms with Crippen LogP contribution in [-0.2, 0) is 25.0 Å². The Morgan fingerprint density at radius 2 is 1.79 bits per heavy atom. The lowest BCUT2D eigenvalue weighted by atomic mass is 10.2. The third-order valence-electron chi connectivity index (χ3n) is 5.38. The molecule has 2 heterocycles. The van der Waals surface area contributed by atoms with Gasteiger partial charge in [0.15, 0.2) is 11.2 Å². The first-order valence-corrected chi connectivity index (χ1v) is 11.3. The average molecular weight is 556 g/mol. The highest BCUT2D eigenvalue weighted by Crippen LogP contribution is 2.30. The lowest BCUT2D eigenvalue weighted by Crippen LogP contribution is -2.43. The van der Waals surface area contributed by atoms with Gasteiger partial charge in [-0.05, 0) is 29.8 Å². The highest BCUT2D eigenvalue weighted by molar-refractivity contribution is 6.30. The van der Waals surface area contributed by atoms with E-state index in [2.05, 4.69) is 14.6 Å². The van der Waals surface area contributed by atoms with Gasteiger partial charge in [0.25, 0.3) is 5.56 Å². The summed E-state index contributed by atoms with van der Waals surface area (Å²) < 4.78 is 51.0. The summed E-state index contributed by atoms with van der Waals surface area (Å²) in [5, 5.41) is 10.6. The summed E-state index contributed by atoms with van der Waals surface area (Å²) in [5.41, 5.74) is -0.997. The van der Waals surface area contributed by atoms with Crippen molar-refractivity contribution in [1.29, 1.82) is 0 Å². The first-order chi connectivity index (χ1) is 18.0. The van der Waals surface area contributed by atoms with Crippen molar-refractivity contribution in [2.75, 3.05) is 6.61 Å². The number of imidazole rings is 1. The van der Waals surface area contributed by atoms with E-state index in [1.165, 1.54) is 23.7 Å². The molecule has 202 valence electrons. The van der Waals surface area contributed by atoms with Gasteiger partial charge >= 0.3 is 18.1 Å². The van der Waals surface area contributed by atoms with Crippen LogP contribution in [0.2, 0.25) is 5.02 Å². The van der Waals surface area contributed by atoms with Crippen molar-refractivity contribution < 1.29 is 32.6 Å². The van der Waals surface area contributed by atoms with Crippen LogP contribution >= 0.6 is 11.6 Å². The van der Waals surface area contributed by atoms with Gasteiger partial charge in [0.05, 0.1) is 25.8 Å². The van der Waals surface area contributed by atoms with E-state index in [9.17, 15) is 27.9 Å². The quantitative estimate of drug-likeness (QED) is 0.301. The molecule has 2 aromatic carbocycles. The molecule has 0 aliphatic carbocycles. The Morgan fingerprint density at radius 3 is 2.45 bits per heavy atom. The van der Waals surface area contributed by atoms with E-state index in [1.54, 1.807) is 24.3 Å². The third-order valence-corrected chi connectivity index (χ3v) is 5.63. The number of nitrogens with two attached hydrogens (primary N) is 1. The van der Waals surface area contributed by atoms with Crippen LogP contribution in [0.3, 0.4) is 0 Å². The van der Waals surface area contributed by atoms with Gasteiger partial charge in [-0.2, -0.15) is 4.98 Å². The first kappa shape index (κ1) is 27.2. The molecule has 0 saturated carbocycles. The lowest BCUT2D eigenvalue weighted by Gasteiger charge is -2.14. The van der Waals surface area contributed by atoms with Crippen molar-refractivity contribution in [3.63, 3.8) is 0 Å². The van der Waals surface area contributed by atoms with Crippen LogP contribution in [-0.4, -0.2) is 42.9 Å². The van der Waals surface area contributed by atoms with Gasteiger partial charge in [-0.15, -0.1) is 13.2 Å². The summed E-state index contributed by atoms with van der Waals surface area (Å²) in [6, 6.07) is 11.2. The van der Waals surface area contributed by atoms with Crippen molar-refractivity contribution in [3.8, 4) is 17.5 Å². The van der Waals surface area contributed by atoms with Crippen LogP contribution in [0.5, 0.6) is 17.5 Å². The molecule has 0 spiro atoms. The van der Waals surface area contributed by atoms with E-state index >= 15 is 0 Å². The molecule has 4 rings (SSSR count). The zero-order valence-electron chi connectivity index (χ0n) is 19.7. The summed E-state index contributed by atoms with van der Waals surface area (Å²) in [6.07, 6.45) is -6.17. The number of ether oxygens (including phenoxy) is 2. The molecule has 38 heavy (non-hydrogen) atoms. The van der Waals surface area contributed by atoms with Crippen molar-refractivity contribution in [3.05, 3.63) is 80.0 Å². The van der Waals surface area contributed by atoms with Crippen molar-refractivity contribution in [2.24, 2.45) is 12.9 Å². The van der Waals surface area contributed by atoms with Gasteiger partial charge in [0, 0.05) is 18.1 Å². The number of halogens is 4. The maximum atomic E-state index is 13.5. The van der Waals surface area contributed by atoms with E-state index in [-0.39, 0.29) is 36.1 Å². The molecule has 0 saturated heterocycles. The fourth-order valence-corrected chi connectivity index (χ4v) is 3.85. The fraction of sp³-hybridized carbons (Fsp3) is 0.261. The highest BCUT2D eigenvalue weighted by Gasteiger charge is 2.31. The molecule has 0 bridgehead atoms. The van der Waals surface area contributed by atoms with Crippen LogP contribution in [0.25, 0.3) is 11.2 Å². The second kappa shape index (κ2) is 10.9. The minimum absolute atomic E-state index is 0.0175. The van der Waals surface area contributed by atoms with E-state index in [0.717, 1.165) is 21.3 Å². The second-order valence-corrected chi connectivity index (χ2v) is 8.58. The molecule has 15 heteroatoms. The molecule has 11 nitrogen and oxygen atoms in total. The van der Waals surface area contributed by atoms with Crippen molar-refractivity contribution in [1.82, 2.24) is 18.7 Å². The molecule has 1 atom stereocenters. The first-order valence-electron chi connectivity index (χ1n) is 10.9. The summed E-state index contributed by atoms with van der Waals surface area (Å²) in [4.78, 5) is 35.1. The minimum atomic E-state index is -4.91. The Bertz CT molecular complexity index is 1570. The highest BCUT2D eigenvalue weighted by atomic mass is 35.5. The topological polar surface area (TPSA) is 136 Å². The predicted molar refractivity (Wildman–Crippen MR) is 129 cm³/mol. The van der Waals surface area contributed by atoms with E-state index in [0.29, 0.717) is 10.6 Å². The van der Waals surface area contributed by atoms with Crippen LogP contribution in [0.15, 0.2) is 58.1 Å². The number of aliphatic hydroxyl groups is 1. The summed E-state index contributed by atoms with van der Waals surface area (Å²) in [6.45, 7) is -0.732. The Labute approximate surface area is 216 Å². The van der Waals surface area contributed by atoms with Crippen LogP contribution < -0.4 is 26.6 Å². The molecule has 2 aromatic heterocycles. The number of benzene rings is 2. The molecule has 1 unspecified atom stereocenters. The number of nitrogens with zero attached hydrogens (tertiary/aromatic N) is 4. The monoisotopic (exact) mass is 555 g/mol. The number of aryl methyl sites for hydroxylation is 1.